The topological polar surface area (TPSA) is 84.9 Å². The number of amides is 4. The molecular weight excluding hydrogens is 606 g/mol. The van der Waals surface area contributed by atoms with Crippen molar-refractivity contribution in [2.24, 2.45) is 0 Å². The lowest BCUT2D eigenvalue weighted by atomic mass is 10.1. The van der Waals surface area contributed by atoms with Crippen LogP contribution in [-0.2, 0) is 16.2 Å². The van der Waals surface area contributed by atoms with E-state index in [1.165, 1.54) is 25.3 Å². The van der Waals surface area contributed by atoms with Crippen LogP contribution in [0.4, 0.5) is 10.5 Å². The van der Waals surface area contributed by atoms with Gasteiger partial charge in [0.05, 0.1) is 22.8 Å². The average molecular weight is 623 g/mol. The Kier molecular flexibility index (Phi) is 7.63. The highest BCUT2D eigenvalue weighted by atomic mass is 127. The number of imide groups is 2. The maximum absolute atomic E-state index is 13.1. The van der Waals surface area contributed by atoms with Gasteiger partial charge < -0.3 is 9.47 Å². The van der Waals surface area contributed by atoms with Gasteiger partial charge in [-0.15, -0.1) is 0 Å². The summed E-state index contributed by atoms with van der Waals surface area (Å²) in [6, 6.07) is 16.5. The zero-order valence-electron chi connectivity index (χ0n) is 18.2. The fourth-order valence-corrected chi connectivity index (χ4v) is 4.08. The number of halogens is 3. The molecule has 0 aliphatic carbocycles. The summed E-state index contributed by atoms with van der Waals surface area (Å²) in [5.74, 6) is -0.747. The zero-order valence-corrected chi connectivity index (χ0v) is 21.8. The van der Waals surface area contributed by atoms with E-state index in [0.717, 1.165) is 14.0 Å². The van der Waals surface area contributed by atoms with Gasteiger partial charge in [0.25, 0.3) is 11.8 Å². The monoisotopic (exact) mass is 622 g/mol. The van der Waals surface area contributed by atoms with E-state index in [2.05, 4.69) is 27.9 Å². The van der Waals surface area contributed by atoms with Crippen molar-refractivity contribution in [2.75, 3.05) is 12.0 Å². The van der Waals surface area contributed by atoms with Gasteiger partial charge in [-0.2, -0.15) is 0 Å². The second kappa shape index (κ2) is 10.7. The number of urea groups is 1. The van der Waals surface area contributed by atoms with E-state index in [1.807, 2.05) is 24.3 Å². The molecule has 178 valence electrons. The largest absolute Gasteiger partial charge is 0.493 e. The molecule has 35 heavy (non-hydrogen) atoms. The van der Waals surface area contributed by atoms with Crippen molar-refractivity contribution in [3.8, 4) is 11.5 Å². The fourth-order valence-electron chi connectivity index (χ4n) is 3.34. The Balaban J connectivity index is 1.61. The minimum atomic E-state index is -0.918. The summed E-state index contributed by atoms with van der Waals surface area (Å²) in [5, 5.41) is 2.34. The molecule has 0 bridgehead atoms. The predicted octanol–water partition coefficient (Wildman–Crippen LogP) is 5.85. The number of benzene rings is 3. The van der Waals surface area contributed by atoms with Crippen molar-refractivity contribution >= 4 is 75.4 Å². The van der Waals surface area contributed by atoms with Crippen molar-refractivity contribution in [1.29, 1.82) is 0 Å². The molecule has 1 aliphatic heterocycles. The molecule has 0 atom stereocenters. The van der Waals surface area contributed by atoms with Crippen LogP contribution in [0.1, 0.15) is 11.1 Å². The molecule has 1 saturated heterocycles. The molecule has 1 heterocycles. The molecule has 0 saturated carbocycles. The molecule has 1 N–H and O–H groups in total. The number of methoxy groups -OCH3 is 1. The van der Waals surface area contributed by atoms with Crippen LogP contribution >= 0.6 is 45.8 Å². The molecule has 0 radical (unpaired) electrons. The van der Waals surface area contributed by atoms with Gasteiger partial charge in [-0.3, -0.25) is 14.9 Å². The normalized spacial score (nSPS) is 14.8. The highest BCUT2D eigenvalue weighted by Gasteiger charge is 2.38. The molecule has 3 aromatic rings. The number of anilines is 1. The van der Waals surface area contributed by atoms with E-state index in [-0.39, 0.29) is 21.3 Å². The van der Waals surface area contributed by atoms with Crippen LogP contribution in [0.15, 0.2) is 66.2 Å². The maximum atomic E-state index is 13.1. The molecule has 0 spiro atoms. The summed E-state index contributed by atoms with van der Waals surface area (Å²) in [6.45, 7) is 0.339. The Morgan fingerprint density at radius 2 is 1.74 bits per heavy atom. The number of barbiturate groups is 1. The van der Waals surface area contributed by atoms with Gasteiger partial charge in [0.2, 0.25) is 0 Å². The Labute approximate surface area is 224 Å². The first-order valence-electron chi connectivity index (χ1n) is 10.2. The highest BCUT2D eigenvalue weighted by molar-refractivity contribution is 14.1. The third-order valence-electron chi connectivity index (χ3n) is 5.08. The first-order chi connectivity index (χ1) is 16.8. The van der Waals surface area contributed by atoms with Gasteiger partial charge in [-0.05, 0) is 76.2 Å². The molecule has 1 fully saturated rings. The molecule has 1 aliphatic rings. The molecule has 0 unspecified atom stereocenters. The molecule has 4 rings (SSSR count). The number of nitrogens with zero attached hydrogens (tertiary/aromatic N) is 1. The Morgan fingerprint density at radius 3 is 2.46 bits per heavy atom. The lowest BCUT2D eigenvalue weighted by Gasteiger charge is -2.27. The van der Waals surface area contributed by atoms with Gasteiger partial charge in [-0.25, -0.2) is 9.69 Å². The summed E-state index contributed by atoms with van der Waals surface area (Å²) in [5.41, 5.74) is 1.30. The van der Waals surface area contributed by atoms with Crippen LogP contribution in [0, 0.1) is 3.57 Å². The van der Waals surface area contributed by atoms with Gasteiger partial charge in [0, 0.05) is 3.57 Å². The molecule has 3 aromatic carbocycles. The van der Waals surface area contributed by atoms with Crippen LogP contribution in [0.2, 0.25) is 10.0 Å². The summed E-state index contributed by atoms with van der Waals surface area (Å²) < 4.78 is 12.4. The first kappa shape index (κ1) is 25.0. The van der Waals surface area contributed by atoms with Crippen molar-refractivity contribution < 1.29 is 23.9 Å². The third kappa shape index (κ3) is 5.44. The van der Waals surface area contributed by atoms with E-state index in [1.54, 1.807) is 24.3 Å². The third-order valence-corrected chi connectivity index (χ3v) is 6.61. The van der Waals surface area contributed by atoms with Crippen molar-refractivity contribution in [3.05, 3.63) is 91.0 Å². The average Bonchev–Trinajstić information content (AvgIpc) is 2.84. The number of rotatable bonds is 6. The lowest BCUT2D eigenvalue weighted by molar-refractivity contribution is -0.122. The van der Waals surface area contributed by atoms with Gasteiger partial charge >= 0.3 is 6.03 Å². The van der Waals surface area contributed by atoms with E-state index < -0.39 is 17.8 Å². The second-order valence-corrected chi connectivity index (χ2v) is 9.39. The molecule has 4 amide bonds. The number of carbonyl (C=O) groups excluding carboxylic acids is 3. The summed E-state index contributed by atoms with van der Waals surface area (Å²) >= 11 is 14.5. The number of hydrogen-bond acceptors (Lipinski definition) is 5. The summed E-state index contributed by atoms with van der Waals surface area (Å²) in [4.78, 5) is 38.8. The number of nitrogens with one attached hydrogen (secondary N) is 1. The Hall–Kier alpha value is -3.08. The smallest absolute Gasteiger partial charge is 0.336 e. The molecule has 0 aromatic heterocycles. The number of hydrogen-bond donors (Lipinski definition) is 1. The van der Waals surface area contributed by atoms with Gasteiger partial charge in [-0.1, -0.05) is 47.5 Å². The summed E-state index contributed by atoms with van der Waals surface area (Å²) in [6.07, 6.45) is 1.36. The predicted molar refractivity (Wildman–Crippen MR) is 142 cm³/mol. The SMILES string of the molecule is COc1cc(/C=C2\C(=O)NC(=O)N(c3cccc(Cl)c3Cl)C2=O)ccc1OCc1ccc(I)cc1. The molecule has 7 nitrogen and oxygen atoms in total. The minimum Gasteiger partial charge on any atom is -0.493 e. The Morgan fingerprint density at radius 1 is 1.00 bits per heavy atom. The lowest BCUT2D eigenvalue weighted by Crippen LogP contribution is -2.54. The second-order valence-electron chi connectivity index (χ2n) is 7.36. The molecule has 10 heteroatoms. The quantitative estimate of drug-likeness (QED) is 0.212. The standard InChI is InChI=1S/C25H17Cl2IN2O5/c1-34-21-12-15(7-10-20(21)35-13-14-5-8-16(28)9-6-14)11-17-23(31)29-25(33)30(24(17)32)19-4-2-3-18(26)22(19)27/h2-12H,13H2,1H3,(H,29,31,33)/b17-11+. The van der Waals surface area contributed by atoms with Crippen molar-refractivity contribution in [2.45, 2.75) is 6.61 Å². The fraction of sp³-hybridized carbons (Fsp3) is 0.0800. The molecular formula is C25H17Cl2IN2O5. The van der Waals surface area contributed by atoms with Crippen LogP contribution in [0.5, 0.6) is 11.5 Å². The van der Waals surface area contributed by atoms with Crippen molar-refractivity contribution in [1.82, 2.24) is 5.32 Å². The van der Waals surface area contributed by atoms with Gasteiger partial charge in [0.15, 0.2) is 11.5 Å². The van der Waals surface area contributed by atoms with E-state index >= 15 is 0 Å². The first-order valence-corrected chi connectivity index (χ1v) is 12.0. The summed E-state index contributed by atoms with van der Waals surface area (Å²) in [7, 11) is 1.49. The van der Waals surface area contributed by atoms with Crippen LogP contribution in [-0.4, -0.2) is 25.0 Å². The minimum absolute atomic E-state index is 0.0164. The zero-order chi connectivity index (χ0) is 25.1. The Bertz CT molecular complexity index is 1360. The van der Waals surface area contributed by atoms with Crippen molar-refractivity contribution in [3.63, 3.8) is 0 Å². The number of carbonyl (C=O) groups is 3. The van der Waals surface area contributed by atoms with E-state index in [0.29, 0.717) is 23.7 Å². The number of ether oxygens (including phenoxy) is 2. The maximum Gasteiger partial charge on any atom is 0.336 e. The highest BCUT2D eigenvalue weighted by Crippen LogP contribution is 2.35. The van der Waals surface area contributed by atoms with E-state index in [9.17, 15) is 14.4 Å². The van der Waals surface area contributed by atoms with E-state index in [4.69, 9.17) is 32.7 Å². The van der Waals surface area contributed by atoms with Crippen LogP contribution in [0.25, 0.3) is 6.08 Å². The van der Waals surface area contributed by atoms with Crippen LogP contribution < -0.4 is 19.7 Å². The van der Waals surface area contributed by atoms with Crippen LogP contribution in [0.3, 0.4) is 0 Å². The van der Waals surface area contributed by atoms with Gasteiger partial charge in [0.1, 0.15) is 12.2 Å².